The molecule has 1 aliphatic rings. The Hall–Kier alpha value is -1.05. The standard InChI is InChI=1S/C10H14O2/c1-9(11)12-10-7-5-3-2-4-6-8-10/h2-5,10H,6-8H2,1H3/b4-2-,5-3-. The van der Waals surface area contributed by atoms with Gasteiger partial charge < -0.3 is 4.74 Å². The van der Waals surface area contributed by atoms with Gasteiger partial charge >= 0.3 is 5.97 Å². The topological polar surface area (TPSA) is 26.3 Å². The van der Waals surface area contributed by atoms with E-state index in [1.54, 1.807) is 0 Å². The minimum absolute atomic E-state index is 0.0729. The lowest BCUT2D eigenvalue weighted by atomic mass is 10.1. The second-order valence-corrected chi connectivity index (χ2v) is 2.90. The molecule has 0 radical (unpaired) electrons. The number of carbonyl (C=O) groups is 1. The minimum atomic E-state index is -0.182. The van der Waals surface area contributed by atoms with Crippen molar-refractivity contribution in [2.24, 2.45) is 0 Å². The van der Waals surface area contributed by atoms with Gasteiger partial charge in [0.05, 0.1) is 0 Å². The van der Waals surface area contributed by atoms with Crippen molar-refractivity contribution in [2.75, 3.05) is 0 Å². The quantitative estimate of drug-likeness (QED) is 0.558. The van der Waals surface area contributed by atoms with Crippen LogP contribution in [0.3, 0.4) is 0 Å². The first-order valence-electron chi connectivity index (χ1n) is 4.28. The van der Waals surface area contributed by atoms with Gasteiger partial charge in [-0.25, -0.2) is 0 Å². The van der Waals surface area contributed by atoms with Crippen LogP contribution in [0.4, 0.5) is 0 Å². The molecule has 0 aromatic heterocycles. The molecule has 0 aromatic carbocycles. The zero-order chi connectivity index (χ0) is 8.81. The Morgan fingerprint density at radius 1 is 1.42 bits per heavy atom. The van der Waals surface area contributed by atoms with Gasteiger partial charge in [-0.1, -0.05) is 24.3 Å². The molecule has 2 nitrogen and oxygen atoms in total. The maximum absolute atomic E-state index is 10.6. The smallest absolute Gasteiger partial charge is 0.302 e. The summed E-state index contributed by atoms with van der Waals surface area (Å²) in [5, 5.41) is 0. The van der Waals surface area contributed by atoms with E-state index in [9.17, 15) is 4.79 Å². The predicted octanol–water partition coefficient (Wildman–Crippen LogP) is 2.21. The van der Waals surface area contributed by atoms with Crippen molar-refractivity contribution in [3.63, 3.8) is 0 Å². The van der Waals surface area contributed by atoms with Crippen molar-refractivity contribution in [3.8, 4) is 0 Å². The van der Waals surface area contributed by atoms with E-state index in [1.807, 2.05) is 18.2 Å². The molecule has 1 aliphatic carbocycles. The van der Waals surface area contributed by atoms with Crippen LogP contribution in [-0.4, -0.2) is 12.1 Å². The van der Waals surface area contributed by atoms with Crippen molar-refractivity contribution in [2.45, 2.75) is 32.3 Å². The van der Waals surface area contributed by atoms with Gasteiger partial charge in [0, 0.05) is 13.3 Å². The van der Waals surface area contributed by atoms with Gasteiger partial charge in [-0.15, -0.1) is 0 Å². The zero-order valence-electron chi connectivity index (χ0n) is 7.32. The fourth-order valence-electron chi connectivity index (χ4n) is 1.23. The van der Waals surface area contributed by atoms with Crippen LogP contribution in [0.25, 0.3) is 0 Å². The average Bonchev–Trinajstić information content (AvgIpc) is 1.93. The molecule has 0 aromatic rings. The Kier molecular flexibility index (Phi) is 3.58. The Bertz CT molecular complexity index is 204. The van der Waals surface area contributed by atoms with Gasteiger partial charge in [-0.2, -0.15) is 0 Å². The van der Waals surface area contributed by atoms with E-state index in [2.05, 4.69) is 6.08 Å². The van der Waals surface area contributed by atoms with Crippen molar-refractivity contribution < 1.29 is 9.53 Å². The second kappa shape index (κ2) is 4.75. The molecule has 0 fully saturated rings. The summed E-state index contributed by atoms with van der Waals surface area (Å²) in [5.41, 5.74) is 0. The van der Waals surface area contributed by atoms with Gasteiger partial charge in [0.1, 0.15) is 6.10 Å². The summed E-state index contributed by atoms with van der Waals surface area (Å²) in [6, 6.07) is 0. The third kappa shape index (κ3) is 3.37. The molecule has 1 rings (SSSR count). The van der Waals surface area contributed by atoms with Gasteiger partial charge in [-0.3, -0.25) is 4.79 Å². The molecule has 1 unspecified atom stereocenters. The number of ether oxygens (including phenoxy) is 1. The lowest BCUT2D eigenvalue weighted by Gasteiger charge is -2.14. The van der Waals surface area contributed by atoms with E-state index in [0.29, 0.717) is 0 Å². The summed E-state index contributed by atoms with van der Waals surface area (Å²) in [5.74, 6) is -0.182. The van der Waals surface area contributed by atoms with Crippen molar-refractivity contribution in [1.82, 2.24) is 0 Å². The average molecular weight is 166 g/mol. The molecule has 2 heteroatoms. The summed E-state index contributed by atoms with van der Waals surface area (Å²) in [7, 11) is 0. The Morgan fingerprint density at radius 2 is 2.17 bits per heavy atom. The van der Waals surface area contributed by atoms with Crippen LogP contribution in [0, 0.1) is 0 Å². The zero-order valence-corrected chi connectivity index (χ0v) is 7.32. The summed E-state index contributed by atoms with van der Waals surface area (Å²) >= 11 is 0. The van der Waals surface area contributed by atoms with Crippen LogP contribution in [-0.2, 0) is 9.53 Å². The van der Waals surface area contributed by atoms with Crippen LogP contribution in [0.2, 0.25) is 0 Å². The molecule has 1 atom stereocenters. The van der Waals surface area contributed by atoms with Crippen LogP contribution >= 0.6 is 0 Å². The molecule has 0 spiro atoms. The molecule has 0 heterocycles. The third-order valence-corrected chi connectivity index (χ3v) is 1.77. The van der Waals surface area contributed by atoms with E-state index in [1.165, 1.54) is 6.92 Å². The Labute approximate surface area is 72.9 Å². The minimum Gasteiger partial charge on any atom is -0.462 e. The van der Waals surface area contributed by atoms with Crippen molar-refractivity contribution in [1.29, 1.82) is 0 Å². The molecule has 0 saturated carbocycles. The van der Waals surface area contributed by atoms with Crippen molar-refractivity contribution in [3.05, 3.63) is 24.3 Å². The van der Waals surface area contributed by atoms with Gasteiger partial charge in [-0.05, 0) is 12.8 Å². The number of carbonyl (C=O) groups excluding carboxylic acids is 1. The third-order valence-electron chi connectivity index (χ3n) is 1.77. The molecule has 0 bridgehead atoms. The number of esters is 1. The highest BCUT2D eigenvalue weighted by atomic mass is 16.5. The number of rotatable bonds is 1. The lowest BCUT2D eigenvalue weighted by Crippen LogP contribution is -2.15. The van der Waals surface area contributed by atoms with E-state index in [0.717, 1.165) is 19.3 Å². The maximum Gasteiger partial charge on any atom is 0.302 e. The monoisotopic (exact) mass is 166 g/mol. The normalized spacial score (nSPS) is 28.2. The van der Waals surface area contributed by atoms with Gasteiger partial charge in [0.2, 0.25) is 0 Å². The van der Waals surface area contributed by atoms with Crippen LogP contribution in [0.5, 0.6) is 0 Å². The van der Waals surface area contributed by atoms with Crippen LogP contribution in [0.1, 0.15) is 26.2 Å². The van der Waals surface area contributed by atoms with Crippen LogP contribution < -0.4 is 0 Å². The number of hydrogen-bond donors (Lipinski definition) is 0. The highest BCUT2D eigenvalue weighted by molar-refractivity contribution is 5.66. The number of allylic oxidation sites excluding steroid dienone is 3. The molecule has 0 aliphatic heterocycles. The molecule has 66 valence electrons. The molecule has 0 N–H and O–H groups in total. The Balaban J connectivity index is 2.39. The molecule has 12 heavy (non-hydrogen) atoms. The summed E-state index contributed by atoms with van der Waals surface area (Å²) in [4.78, 5) is 10.6. The van der Waals surface area contributed by atoms with E-state index < -0.39 is 0 Å². The van der Waals surface area contributed by atoms with E-state index in [4.69, 9.17) is 4.74 Å². The maximum atomic E-state index is 10.6. The van der Waals surface area contributed by atoms with Crippen molar-refractivity contribution >= 4 is 5.97 Å². The molecular weight excluding hydrogens is 152 g/mol. The first kappa shape index (κ1) is 9.04. The number of hydrogen-bond acceptors (Lipinski definition) is 2. The fourth-order valence-corrected chi connectivity index (χ4v) is 1.23. The molecule has 0 saturated heterocycles. The van der Waals surface area contributed by atoms with Crippen LogP contribution in [0.15, 0.2) is 24.3 Å². The largest absolute Gasteiger partial charge is 0.462 e. The summed E-state index contributed by atoms with van der Waals surface area (Å²) in [6.07, 6.45) is 11.0. The molecule has 0 amide bonds. The van der Waals surface area contributed by atoms with E-state index >= 15 is 0 Å². The first-order valence-corrected chi connectivity index (χ1v) is 4.28. The SMILES string of the molecule is CC(=O)OC1C/C=C\C=C/CC1. The highest BCUT2D eigenvalue weighted by Gasteiger charge is 2.09. The second-order valence-electron chi connectivity index (χ2n) is 2.90. The Morgan fingerprint density at radius 3 is 2.92 bits per heavy atom. The van der Waals surface area contributed by atoms with E-state index in [-0.39, 0.29) is 12.1 Å². The highest BCUT2D eigenvalue weighted by Crippen LogP contribution is 2.11. The molecular formula is C10H14O2. The summed E-state index contributed by atoms with van der Waals surface area (Å²) < 4.78 is 5.10. The predicted molar refractivity (Wildman–Crippen MR) is 47.7 cm³/mol. The van der Waals surface area contributed by atoms with Gasteiger partial charge in [0.15, 0.2) is 0 Å². The lowest BCUT2D eigenvalue weighted by molar-refractivity contribution is -0.146. The first-order chi connectivity index (χ1) is 5.79. The summed E-state index contributed by atoms with van der Waals surface area (Å²) in [6.45, 7) is 1.46. The van der Waals surface area contributed by atoms with Gasteiger partial charge in [0.25, 0.3) is 0 Å². The fraction of sp³-hybridized carbons (Fsp3) is 0.500.